The van der Waals surface area contributed by atoms with E-state index < -0.39 is 0 Å². The molecule has 0 bridgehead atoms. The third kappa shape index (κ3) is 11.4. The molecule has 0 aliphatic heterocycles. The molecule has 2 aromatic carbocycles. The highest BCUT2D eigenvalue weighted by Gasteiger charge is 2.08. The smallest absolute Gasteiger partial charge is 0.118 e. The summed E-state index contributed by atoms with van der Waals surface area (Å²) in [5, 5.41) is 20.6. The molecule has 0 heterocycles. The van der Waals surface area contributed by atoms with E-state index in [4.69, 9.17) is 0 Å². The van der Waals surface area contributed by atoms with Crippen LogP contribution < -0.4 is 0 Å². The highest BCUT2D eigenvalue weighted by molar-refractivity contribution is 7.99. The number of rotatable bonds is 18. The summed E-state index contributed by atoms with van der Waals surface area (Å²) in [5.41, 5.74) is 2.10. The molecule has 2 rings (SSSR count). The second-order valence-corrected chi connectivity index (χ2v) is 10.6. The van der Waals surface area contributed by atoms with Crippen molar-refractivity contribution in [2.24, 2.45) is 0 Å². The van der Waals surface area contributed by atoms with E-state index in [9.17, 15) is 10.2 Å². The SMILES string of the molecule is CCCCCCCCCc1cc(Sc2ccc(O)c(CCCCCCCCC)c2)ccc1O. The summed E-state index contributed by atoms with van der Waals surface area (Å²) in [4.78, 5) is 2.30. The number of hydrogen-bond acceptors (Lipinski definition) is 3. The van der Waals surface area contributed by atoms with Crippen LogP contribution >= 0.6 is 11.8 Å². The summed E-state index contributed by atoms with van der Waals surface area (Å²) in [6, 6.07) is 11.9. The summed E-state index contributed by atoms with van der Waals surface area (Å²) < 4.78 is 0. The molecular weight excluding hydrogens is 424 g/mol. The first-order chi connectivity index (χ1) is 16.1. The number of phenols is 2. The molecule has 3 heteroatoms. The van der Waals surface area contributed by atoms with Gasteiger partial charge in [-0.1, -0.05) is 103 Å². The average Bonchev–Trinajstić information content (AvgIpc) is 2.81. The molecule has 0 aromatic heterocycles. The van der Waals surface area contributed by atoms with E-state index in [1.165, 1.54) is 77.0 Å². The Morgan fingerprint density at radius 1 is 0.515 bits per heavy atom. The Hall–Kier alpha value is -1.61. The minimum atomic E-state index is 0.413. The van der Waals surface area contributed by atoms with Crippen LogP contribution in [0.2, 0.25) is 0 Å². The fourth-order valence-electron chi connectivity index (χ4n) is 4.33. The van der Waals surface area contributed by atoms with Gasteiger partial charge in [-0.05, 0) is 73.2 Å². The lowest BCUT2D eigenvalue weighted by atomic mass is 10.0. The molecule has 0 fully saturated rings. The maximum atomic E-state index is 10.3. The van der Waals surface area contributed by atoms with Crippen LogP contribution in [0.25, 0.3) is 0 Å². The van der Waals surface area contributed by atoms with Crippen molar-refractivity contribution >= 4 is 11.8 Å². The molecule has 2 nitrogen and oxygen atoms in total. The first kappa shape index (κ1) is 27.6. The van der Waals surface area contributed by atoms with Crippen molar-refractivity contribution in [1.29, 1.82) is 0 Å². The van der Waals surface area contributed by atoms with Gasteiger partial charge in [-0.3, -0.25) is 0 Å². The zero-order valence-electron chi connectivity index (χ0n) is 21.1. The monoisotopic (exact) mass is 470 g/mol. The summed E-state index contributed by atoms with van der Waals surface area (Å²) in [6.45, 7) is 4.51. The third-order valence-corrected chi connectivity index (χ3v) is 7.42. The first-order valence-electron chi connectivity index (χ1n) is 13.5. The molecule has 0 spiro atoms. The number of aromatic hydroxyl groups is 2. The molecule has 184 valence electrons. The van der Waals surface area contributed by atoms with Gasteiger partial charge in [0.1, 0.15) is 11.5 Å². The van der Waals surface area contributed by atoms with Crippen molar-refractivity contribution in [1.82, 2.24) is 0 Å². The molecule has 0 aliphatic rings. The molecule has 0 radical (unpaired) electrons. The van der Waals surface area contributed by atoms with Gasteiger partial charge in [0.05, 0.1) is 0 Å². The van der Waals surface area contributed by atoms with Crippen LogP contribution in [-0.2, 0) is 12.8 Å². The minimum Gasteiger partial charge on any atom is -0.508 e. The van der Waals surface area contributed by atoms with Crippen molar-refractivity contribution < 1.29 is 10.2 Å². The van der Waals surface area contributed by atoms with Gasteiger partial charge in [-0.2, -0.15) is 0 Å². The van der Waals surface area contributed by atoms with Crippen LogP contribution in [0.15, 0.2) is 46.2 Å². The maximum Gasteiger partial charge on any atom is 0.118 e. The van der Waals surface area contributed by atoms with E-state index >= 15 is 0 Å². The quantitative estimate of drug-likeness (QED) is 0.213. The van der Waals surface area contributed by atoms with Crippen molar-refractivity contribution in [3.8, 4) is 11.5 Å². The van der Waals surface area contributed by atoms with Crippen LogP contribution in [0, 0.1) is 0 Å². The van der Waals surface area contributed by atoms with E-state index in [0.717, 1.165) is 46.6 Å². The van der Waals surface area contributed by atoms with Crippen LogP contribution in [0.1, 0.15) is 115 Å². The highest BCUT2D eigenvalue weighted by atomic mass is 32.2. The van der Waals surface area contributed by atoms with E-state index in [0.29, 0.717) is 11.5 Å². The van der Waals surface area contributed by atoms with Gasteiger partial charge in [0.15, 0.2) is 0 Å². The Morgan fingerprint density at radius 2 is 0.879 bits per heavy atom. The van der Waals surface area contributed by atoms with E-state index in [1.54, 1.807) is 11.8 Å². The molecule has 0 aliphatic carbocycles. The number of aryl methyl sites for hydroxylation is 2. The molecule has 0 atom stereocenters. The molecule has 2 aromatic rings. The van der Waals surface area contributed by atoms with Gasteiger partial charge in [0, 0.05) is 9.79 Å². The van der Waals surface area contributed by atoms with Gasteiger partial charge in [-0.25, -0.2) is 0 Å². The van der Waals surface area contributed by atoms with Crippen LogP contribution in [0.3, 0.4) is 0 Å². The number of unbranched alkanes of at least 4 members (excludes halogenated alkanes) is 12. The topological polar surface area (TPSA) is 40.5 Å². The van der Waals surface area contributed by atoms with Crippen molar-refractivity contribution in [2.75, 3.05) is 0 Å². The lowest BCUT2D eigenvalue weighted by Gasteiger charge is -2.10. The summed E-state index contributed by atoms with van der Waals surface area (Å²) in [5.74, 6) is 0.825. The predicted molar refractivity (Wildman–Crippen MR) is 144 cm³/mol. The Kier molecular flexibility index (Phi) is 14.2. The predicted octanol–water partition coefficient (Wildman–Crippen LogP) is 9.84. The van der Waals surface area contributed by atoms with Gasteiger partial charge in [0.2, 0.25) is 0 Å². The normalized spacial score (nSPS) is 11.2. The Balaban J connectivity index is 1.83. The molecule has 0 unspecified atom stereocenters. The highest BCUT2D eigenvalue weighted by Crippen LogP contribution is 2.34. The van der Waals surface area contributed by atoms with Crippen LogP contribution in [-0.4, -0.2) is 10.2 Å². The molecule has 33 heavy (non-hydrogen) atoms. The summed E-state index contributed by atoms with van der Waals surface area (Å²) in [7, 11) is 0. The van der Waals surface area contributed by atoms with E-state index in [2.05, 4.69) is 26.0 Å². The van der Waals surface area contributed by atoms with Crippen molar-refractivity contribution in [3.63, 3.8) is 0 Å². The van der Waals surface area contributed by atoms with Crippen LogP contribution in [0.5, 0.6) is 11.5 Å². The summed E-state index contributed by atoms with van der Waals surface area (Å²) >= 11 is 1.72. The van der Waals surface area contributed by atoms with E-state index in [-0.39, 0.29) is 0 Å². The van der Waals surface area contributed by atoms with Crippen LogP contribution in [0.4, 0.5) is 0 Å². The standard InChI is InChI=1S/C30H46O2S/c1-3-5-7-9-11-13-15-17-25-23-27(19-21-29(25)31)33-28-20-22-30(32)26(24-28)18-16-14-12-10-8-6-4-2/h19-24,31-32H,3-18H2,1-2H3. The lowest BCUT2D eigenvalue weighted by molar-refractivity contribution is 0.465. The summed E-state index contributed by atoms with van der Waals surface area (Å²) in [6.07, 6.45) is 19.8. The van der Waals surface area contributed by atoms with Gasteiger partial charge in [-0.15, -0.1) is 0 Å². The molecular formula is C30H46O2S. The van der Waals surface area contributed by atoms with Crippen molar-refractivity contribution in [2.45, 2.75) is 126 Å². The fourth-order valence-corrected chi connectivity index (χ4v) is 5.28. The molecule has 0 saturated heterocycles. The molecule has 2 N–H and O–H groups in total. The van der Waals surface area contributed by atoms with Crippen molar-refractivity contribution in [3.05, 3.63) is 47.5 Å². The maximum absolute atomic E-state index is 10.3. The third-order valence-electron chi connectivity index (χ3n) is 6.44. The van der Waals surface area contributed by atoms with Gasteiger partial charge in [0.25, 0.3) is 0 Å². The van der Waals surface area contributed by atoms with Gasteiger partial charge < -0.3 is 10.2 Å². The minimum absolute atomic E-state index is 0.413. The van der Waals surface area contributed by atoms with Gasteiger partial charge >= 0.3 is 0 Å². The Labute approximate surface area is 207 Å². The largest absolute Gasteiger partial charge is 0.508 e. The number of phenolic OH excluding ortho intramolecular Hbond substituents is 2. The molecule has 0 amide bonds. The second-order valence-electron chi connectivity index (χ2n) is 9.43. The van der Waals surface area contributed by atoms with E-state index in [1.807, 2.05) is 24.3 Å². The fraction of sp³-hybridized carbons (Fsp3) is 0.600. The first-order valence-corrected chi connectivity index (χ1v) is 14.3. The zero-order valence-corrected chi connectivity index (χ0v) is 21.9. The Bertz CT molecular complexity index is 721. The second kappa shape index (κ2) is 16.9. The number of hydrogen-bond donors (Lipinski definition) is 2. The average molecular weight is 471 g/mol. The Morgan fingerprint density at radius 3 is 1.27 bits per heavy atom. The molecule has 0 saturated carbocycles. The number of benzene rings is 2. The lowest BCUT2D eigenvalue weighted by Crippen LogP contribution is -1.90. The zero-order chi connectivity index (χ0) is 23.7.